The SMILES string of the molecule is Cc1nnc(-c2cc3c4c(ccc3[nH]2)[C@H](N)CC4)s1. The van der Waals surface area contributed by atoms with Crippen LogP contribution >= 0.6 is 11.3 Å². The molecule has 1 aliphatic carbocycles. The number of benzene rings is 1. The molecule has 0 bridgehead atoms. The standard InChI is InChI=1S/C14H14N4S/c1-7-17-18-14(19-7)13-6-10-8-2-4-11(15)9(8)3-5-12(10)16-13/h3,5-6,11,16H,2,4,15H2,1H3/t11-/m1/s1. The topological polar surface area (TPSA) is 67.6 Å². The Morgan fingerprint density at radius 2 is 2.26 bits per heavy atom. The van der Waals surface area contributed by atoms with E-state index in [1.807, 2.05) is 6.92 Å². The van der Waals surface area contributed by atoms with Crippen LogP contribution in [0.25, 0.3) is 21.6 Å². The van der Waals surface area contributed by atoms with Crippen molar-refractivity contribution in [1.82, 2.24) is 15.2 Å². The second kappa shape index (κ2) is 3.88. The molecule has 2 aromatic heterocycles. The molecule has 0 saturated carbocycles. The van der Waals surface area contributed by atoms with Crippen LogP contribution in [0.2, 0.25) is 0 Å². The van der Waals surface area contributed by atoms with Gasteiger partial charge in [0.1, 0.15) is 5.01 Å². The van der Waals surface area contributed by atoms with Crippen molar-refractivity contribution in [3.8, 4) is 10.7 Å². The van der Waals surface area contributed by atoms with Gasteiger partial charge in [0.2, 0.25) is 0 Å². The highest BCUT2D eigenvalue weighted by Gasteiger charge is 2.22. The van der Waals surface area contributed by atoms with Crippen molar-refractivity contribution in [3.05, 3.63) is 34.3 Å². The first kappa shape index (κ1) is 11.1. The van der Waals surface area contributed by atoms with E-state index < -0.39 is 0 Å². The van der Waals surface area contributed by atoms with Gasteiger partial charge in [-0.15, -0.1) is 10.2 Å². The summed E-state index contributed by atoms with van der Waals surface area (Å²) >= 11 is 1.61. The van der Waals surface area contributed by atoms with E-state index in [-0.39, 0.29) is 6.04 Å². The zero-order valence-corrected chi connectivity index (χ0v) is 11.4. The van der Waals surface area contributed by atoms with Gasteiger partial charge >= 0.3 is 0 Å². The second-order valence-corrected chi connectivity index (χ2v) is 6.23. The zero-order chi connectivity index (χ0) is 13.0. The van der Waals surface area contributed by atoms with Crippen molar-refractivity contribution in [2.75, 3.05) is 0 Å². The van der Waals surface area contributed by atoms with Crippen LogP contribution < -0.4 is 5.73 Å². The number of nitrogens with zero attached hydrogens (tertiary/aromatic N) is 2. The maximum Gasteiger partial charge on any atom is 0.164 e. The number of nitrogens with one attached hydrogen (secondary N) is 1. The van der Waals surface area contributed by atoms with Crippen molar-refractivity contribution in [1.29, 1.82) is 0 Å². The maximum absolute atomic E-state index is 6.13. The molecule has 0 spiro atoms. The summed E-state index contributed by atoms with van der Waals surface area (Å²) in [4.78, 5) is 3.44. The normalized spacial score (nSPS) is 18.1. The monoisotopic (exact) mass is 270 g/mol. The summed E-state index contributed by atoms with van der Waals surface area (Å²) in [5, 5.41) is 11.5. The Morgan fingerprint density at radius 3 is 3.05 bits per heavy atom. The third-order valence-corrected chi connectivity index (χ3v) is 4.68. The highest BCUT2D eigenvalue weighted by Crippen LogP contribution is 2.36. The minimum absolute atomic E-state index is 0.196. The van der Waals surface area contributed by atoms with Gasteiger partial charge in [-0.05, 0) is 43.0 Å². The third-order valence-electron chi connectivity index (χ3n) is 3.81. The van der Waals surface area contributed by atoms with Gasteiger partial charge in [0, 0.05) is 16.9 Å². The number of fused-ring (bicyclic) bond motifs is 3. The lowest BCUT2D eigenvalue weighted by atomic mass is 10.0. The van der Waals surface area contributed by atoms with E-state index in [0.717, 1.165) is 34.1 Å². The Bertz CT molecular complexity index is 771. The maximum atomic E-state index is 6.13. The molecule has 3 N–H and O–H groups in total. The van der Waals surface area contributed by atoms with Crippen LogP contribution in [0.3, 0.4) is 0 Å². The van der Waals surface area contributed by atoms with Crippen LogP contribution in [0, 0.1) is 6.92 Å². The van der Waals surface area contributed by atoms with Gasteiger partial charge in [-0.3, -0.25) is 0 Å². The quantitative estimate of drug-likeness (QED) is 0.714. The molecule has 0 aliphatic heterocycles. The van der Waals surface area contributed by atoms with Gasteiger partial charge in [-0.2, -0.15) is 0 Å². The zero-order valence-electron chi connectivity index (χ0n) is 10.6. The minimum atomic E-state index is 0.196. The summed E-state index contributed by atoms with van der Waals surface area (Å²) in [6, 6.07) is 6.66. The van der Waals surface area contributed by atoms with Crippen molar-refractivity contribution in [2.24, 2.45) is 5.73 Å². The van der Waals surface area contributed by atoms with Crippen LogP contribution in [0.5, 0.6) is 0 Å². The van der Waals surface area contributed by atoms with Crippen LogP contribution in [-0.4, -0.2) is 15.2 Å². The largest absolute Gasteiger partial charge is 0.353 e. The lowest BCUT2D eigenvalue weighted by Gasteiger charge is -2.04. The molecule has 0 fully saturated rings. The fourth-order valence-electron chi connectivity index (χ4n) is 2.88. The Morgan fingerprint density at radius 1 is 1.37 bits per heavy atom. The predicted molar refractivity (Wildman–Crippen MR) is 77.2 cm³/mol. The third kappa shape index (κ3) is 1.62. The van der Waals surface area contributed by atoms with Crippen molar-refractivity contribution >= 4 is 22.2 Å². The number of aromatic nitrogens is 3. The highest BCUT2D eigenvalue weighted by atomic mass is 32.1. The predicted octanol–water partition coefficient (Wildman–Crippen LogP) is 2.94. The van der Waals surface area contributed by atoms with E-state index in [2.05, 4.69) is 33.4 Å². The average molecular weight is 270 g/mol. The molecule has 5 heteroatoms. The fraction of sp³-hybridized carbons (Fsp3) is 0.286. The summed E-state index contributed by atoms with van der Waals surface area (Å²) < 4.78 is 0. The number of rotatable bonds is 1. The Hall–Kier alpha value is -1.72. The number of hydrogen-bond acceptors (Lipinski definition) is 4. The molecule has 1 aliphatic rings. The van der Waals surface area contributed by atoms with Crippen molar-refractivity contribution in [3.63, 3.8) is 0 Å². The first-order valence-corrected chi connectivity index (χ1v) is 7.24. The number of aromatic amines is 1. The van der Waals surface area contributed by atoms with Crippen LogP contribution in [-0.2, 0) is 6.42 Å². The van der Waals surface area contributed by atoms with Crippen molar-refractivity contribution < 1.29 is 0 Å². The van der Waals surface area contributed by atoms with Gasteiger partial charge in [-0.1, -0.05) is 17.4 Å². The Kier molecular flexibility index (Phi) is 2.28. The number of nitrogens with two attached hydrogens (primary N) is 1. The molecule has 0 amide bonds. The van der Waals surface area contributed by atoms with E-state index in [9.17, 15) is 0 Å². The minimum Gasteiger partial charge on any atom is -0.353 e. The van der Waals surface area contributed by atoms with E-state index in [1.54, 1.807) is 11.3 Å². The molecular weight excluding hydrogens is 256 g/mol. The molecule has 0 saturated heterocycles. The first-order valence-electron chi connectivity index (χ1n) is 6.43. The smallest absolute Gasteiger partial charge is 0.164 e. The summed E-state index contributed by atoms with van der Waals surface area (Å²) in [7, 11) is 0. The molecule has 4 nitrogen and oxygen atoms in total. The molecule has 96 valence electrons. The first-order chi connectivity index (χ1) is 9.22. The van der Waals surface area contributed by atoms with Crippen molar-refractivity contribution in [2.45, 2.75) is 25.8 Å². The Labute approximate surface area is 114 Å². The lowest BCUT2D eigenvalue weighted by molar-refractivity contribution is 0.713. The molecular formula is C14H14N4S. The van der Waals surface area contributed by atoms with Crippen LogP contribution in [0.15, 0.2) is 18.2 Å². The second-order valence-electron chi connectivity index (χ2n) is 5.05. The van der Waals surface area contributed by atoms with E-state index in [4.69, 9.17) is 5.73 Å². The van der Waals surface area contributed by atoms with E-state index in [0.29, 0.717) is 0 Å². The van der Waals surface area contributed by atoms with E-state index >= 15 is 0 Å². The summed E-state index contributed by atoms with van der Waals surface area (Å²) in [6.07, 6.45) is 2.12. The molecule has 4 rings (SSSR count). The number of hydrogen-bond donors (Lipinski definition) is 2. The van der Waals surface area contributed by atoms with Gasteiger partial charge in [0.05, 0.1) is 5.69 Å². The summed E-state index contributed by atoms with van der Waals surface area (Å²) in [6.45, 7) is 1.97. The Balaban J connectivity index is 1.93. The molecule has 0 unspecified atom stereocenters. The molecule has 19 heavy (non-hydrogen) atoms. The van der Waals surface area contributed by atoms with Gasteiger partial charge in [0.25, 0.3) is 0 Å². The molecule has 0 radical (unpaired) electrons. The number of H-pyrrole nitrogens is 1. The fourth-order valence-corrected chi connectivity index (χ4v) is 3.55. The van der Waals surface area contributed by atoms with Crippen LogP contribution in [0.1, 0.15) is 28.6 Å². The van der Waals surface area contributed by atoms with Crippen LogP contribution in [0.4, 0.5) is 0 Å². The van der Waals surface area contributed by atoms with Gasteiger partial charge < -0.3 is 10.7 Å². The molecule has 1 aromatic carbocycles. The molecule has 3 aromatic rings. The average Bonchev–Trinajstić information content (AvgIpc) is 3.06. The summed E-state index contributed by atoms with van der Waals surface area (Å²) in [5.41, 5.74) is 11.0. The summed E-state index contributed by atoms with van der Waals surface area (Å²) in [5.74, 6) is 0. The molecule has 2 heterocycles. The number of aryl methyl sites for hydroxylation is 2. The lowest BCUT2D eigenvalue weighted by Crippen LogP contribution is -2.04. The highest BCUT2D eigenvalue weighted by molar-refractivity contribution is 7.14. The van der Waals surface area contributed by atoms with E-state index in [1.165, 1.54) is 16.5 Å². The molecule has 1 atom stereocenters. The van der Waals surface area contributed by atoms with Gasteiger partial charge in [-0.25, -0.2) is 0 Å². The van der Waals surface area contributed by atoms with Gasteiger partial charge in [0.15, 0.2) is 5.01 Å².